The maximum absolute atomic E-state index is 12.3. The number of methoxy groups -OCH3 is 2. The molecular weight excluding hydrogens is 298 g/mol. The van der Waals surface area contributed by atoms with Crippen LogP contribution in [0.15, 0.2) is 29.5 Å². The highest BCUT2D eigenvalue weighted by molar-refractivity contribution is 5.99. The predicted octanol–water partition coefficient (Wildman–Crippen LogP) is 1.90. The zero-order valence-corrected chi connectivity index (χ0v) is 13.6. The molecule has 0 fully saturated rings. The van der Waals surface area contributed by atoms with Gasteiger partial charge in [0, 0.05) is 12.3 Å². The number of hydrogen-bond acceptors (Lipinski definition) is 5. The van der Waals surface area contributed by atoms with Crippen LogP contribution in [-0.2, 0) is 14.3 Å². The van der Waals surface area contributed by atoms with Crippen molar-refractivity contribution >= 4 is 11.9 Å². The van der Waals surface area contributed by atoms with E-state index in [-0.39, 0.29) is 24.2 Å². The van der Waals surface area contributed by atoms with Gasteiger partial charge in [0.05, 0.1) is 25.5 Å². The fourth-order valence-corrected chi connectivity index (χ4v) is 3.13. The molecule has 0 aromatic heterocycles. The van der Waals surface area contributed by atoms with Crippen LogP contribution >= 0.6 is 0 Å². The van der Waals surface area contributed by atoms with Crippen LogP contribution in [0.1, 0.15) is 31.7 Å². The summed E-state index contributed by atoms with van der Waals surface area (Å²) in [6, 6.07) is 5.41. The van der Waals surface area contributed by atoms with E-state index in [0.29, 0.717) is 22.8 Å². The number of hydrogen-bond donors (Lipinski definition) is 1. The van der Waals surface area contributed by atoms with E-state index >= 15 is 0 Å². The van der Waals surface area contributed by atoms with Gasteiger partial charge in [0.15, 0.2) is 11.5 Å². The van der Waals surface area contributed by atoms with Crippen molar-refractivity contribution in [3.05, 3.63) is 35.0 Å². The summed E-state index contributed by atoms with van der Waals surface area (Å²) >= 11 is 0. The number of amides is 1. The second-order valence-electron chi connectivity index (χ2n) is 6.11. The van der Waals surface area contributed by atoms with Crippen molar-refractivity contribution in [2.45, 2.75) is 31.8 Å². The normalized spacial score (nSPS) is 22.3. The molecule has 2 heterocycles. The zero-order valence-electron chi connectivity index (χ0n) is 13.6. The summed E-state index contributed by atoms with van der Waals surface area (Å²) in [6.07, 6.45) is 0.194. The highest BCUT2D eigenvalue weighted by Crippen LogP contribution is 2.44. The largest absolute Gasteiger partial charge is 0.493 e. The number of carbonyl (C=O) groups excluding carboxylic acids is 2. The molecule has 1 unspecified atom stereocenters. The summed E-state index contributed by atoms with van der Waals surface area (Å²) in [6.45, 7) is 3.54. The minimum absolute atomic E-state index is 0.130. The van der Waals surface area contributed by atoms with Crippen molar-refractivity contribution in [1.82, 2.24) is 5.32 Å². The van der Waals surface area contributed by atoms with E-state index in [2.05, 4.69) is 5.32 Å². The number of ether oxygens (including phenoxy) is 3. The zero-order chi connectivity index (χ0) is 16.8. The second kappa shape index (κ2) is 5.30. The van der Waals surface area contributed by atoms with Crippen LogP contribution in [0.25, 0.3) is 0 Å². The Morgan fingerprint density at radius 2 is 1.87 bits per heavy atom. The van der Waals surface area contributed by atoms with Crippen molar-refractivity contribution in [3.63, 3.8) is 0 Å². The van der Waals surface area contributed by atoms with Crippen molar-refractivity contribution in [1.29, 1.82) is 0 Å². The molecule has 1 amide bonds. The lowest BCUT2D eigenvalue weighted by Gasteiger charge is -2.27. The molecule has 6 heteroatoms. The Balaban J connectivity index is 2.10. The molecule has 0 aliphatic carbocycles. The SMILES string of the molecule is COc1ccc(C2CC(=O)NC3=C2C(=O)OC3(C)C)cc1OC. The third kappa shape index (κ3) is 2.44. The smallest absolute Gasteiger partial charge is 0.337 e. The molecule has 3 rings (SSSR count). The molecule has 0 radical (unpaired) electrons. The van der Waals surface area contributed by atoms with E-state index < -0.39 is 5.60 Å². The van der Waals surface area contributed by atoms with Gasteiger partial charge < -0.3 is 19.5 Å². The monoisotopic (exact) mass is 317 g/mol. The van der Waals surface area contributed by atoms with Crippen molar-refractivity contribution in [2.24, 2.45) is 0 Å². The Morgan fingerprint density at radius 3 is 2.52 bits per heavy atom. The summed E-state index contributed by atoms with van der Waals surface area (Å²) < 4.78 is 16.0. The molecule has 0 bridgehead atoms. The maximum atomic E-state index is 12.3. The molecule has 0 saturated carbocycles. The van der Waals surface area contributed by atoms with E-state index in [4.69, 9.17) is 14.2 Å². The van der Waals surface area contributed by atoms with Gasteiger partial charge >= 0.3 is 5.97 Å². The molecule has 1 N–H and O–H groups in total. The summed E-state index contributed by atoms with van der Waals surface area (Å²) in [7, 11) is 3.11. The number of carbonyl (C=O) groups is 2. The Morgan fingerprint density at radius 1 is 1.17 bits per heavy atom. The predicted molar refractivity (Wildman–Crippen MR) is 82.2 cm³/mol. The topological polar surface area (TPSA) is 73.9 Å². The quantitative estimate of drug-likeness (QED) is 0.862. The number of nitrogens with one attached hydrogen (secondary N) is 1. The number of benzene rings is 1. The van der Waals surface area contributed by atoms with Crippen molar-refractivity contribution < 1.29 is 23.8 Å². The number of rotatable bonds is 3. The first-order valence-electron chi connectivity index (χ1n) is 7.37. The maximum Gasteiger partial charge on any atom is 0.337 e. The van der Waals surface area contributed by atoms with Gasteiger partial charge in [-0.25, -0.2) is 4.79 Å². The van der Waals surface area contributed by atoms with Gasteiger partial charge in [0.2, 0.25) is 5.91 Å². The molecular formula is C17H19NO5. The lowest BCUT2D eigenvalue weighted by Crippen LogP contribution is -2.38. The highest BCUT2D eigenvalue weighted by Gasteiger charge is 2.47. The van der Waals surface area contributed by atoms with Gasteiger partial charge in [0.25, 0.3) is 0 Å². The highest BCUT2D eigenvalue weighted by atomic mass is 16.6. The third-order valence-electron chi connectivity index (χ3n) is 4.25. The first-order chi connectivity index (χ1) is 10.9. The van der Waals surface area contributed by atoms with Crippen LogP contribution in [-0.4, -0.2) is 31.7 Å². The minimum Gasteiger partial charge on any atom is -0.493 e. The molecule has 1 aromatic carbocycles. The Hall–Kier alpha value is -2.50. The molecule has 122 valence electrons. The first-order valence-corrected chi connectivity index (χ1v) is 7.37. The Labute approximate surface area is 134 Å². The molecule has 1 atom stereocenters. The van der Waals surface area contributed by atoms with Gasteiger partial charge in [-0.15, -0.1) is 0 Å². The Bertz CT molecular complexity index is 720. The average Bonchev–Trinajstić information content (AvgIpc) is 2.75. The molecule has 2 aliphatic rings. The minimum atomic E-state index is -0.822. The molecule has 0 spiro atoms. The van der Waals surface area contributed by atoms with Crippen molar-refractivity contribution in [2.75, 3.05) is 14.2 Å². The number of esters is 1. The Kier molecular flexibility index (Phi) is 3.55. The summed E-state index contributed by atoms with van der Waals surface area (Å²) in [5.41, 5.74) is 1.07. The molecule has 2 aliphatic heterocycles. The second-order valence-corrected chi connectivity index (χ2v) is 6.11. The van der Waals surface area contributed by atoms with E-state index in [9.17, 15) is 9.59 Å². The lowest BCUT2D eigenvalue weighted by molar-refractivity contribution is -0.144. The van der Waals surface area contributed by atoms with Gasteiger partial charge in [-0.2, -0.15) is 0 Å². The van der Waals surface area contributed by atoms with E-state index in [1.807, 2.05) is 6.07 Å². The molecule has 1 aromatic rings. The van der Waals surface area contributed by atoms with Gasteiger partial charge in [-0.05, 0) is 31.5 Å². The van der Waals surface area contributed by atoms with E-state index in [0.717, 1.165) is 5.56 Å². The summed E-state index contributed by atoms with van der Waals surface area (Å²) in [5, 5.41) is 2.79. The van der Waals surface area contributed by atoms with Crippen LogP contribution in [0.5, 0.6) is 11.5 Å². The summed E-state index contributed by atoms with van der Waals surface area (Å²) in [5.74, 6) is 0.288. The van der Waals surface area contributed by atoms with Crippen LogP contribution < -0.4 is 14.8 Å². The van der Waals surface area contributed by atoms with Crippen LogP contribution in [0.4, 0.5) is 0 Å². The standard InChI is InChI=1S/C17H19NO5/c1-17(2)15-14(16(20)23-17)10(8-13(19)18-15)9-5-6-11(21-3)12(7-9)22-4/h5-7,10H,8H2,1-4H3,(H,18,19). The van der Waals surface area contributed by atoms with E-state index in [1.165, 1.54) is 0 Å². The van der Waals surface area contributed by atoms with Crippen LogP contribution in [0.2, 0.25) is 0 Å². The average molecular weight is 317 g/mol. The first kappa shape index (κ1) is 15.4. The van der Waals surface area contributed by atoms with Crippen LogP contribution in [0.3, 0.4) is 0 Å². The fourth-order valence-electron chi connectivity index (χ4n) is 3.13. The van der Waals surface area contributed by atoms with Gasteiger partial charge in [0.1, 0.15) is 5.60 Å². The van der Waals surface area contributed by atoms with E-state index in [1.54, 1.807) is 40.2 Å². The van der Waals surface area contributed by atoms with Gasteiger partial charge in [-0.3, -0.25) is 4.79 Å². The van der Waals surface area contributed by atoms with Gasteiger partial charge in [-0.1, -0.05) is 6.07 Å². The number of cyclic esters (lactones) is 1. The third-order valence-corrected chi connectivity index (χ3v) is 4.25. The summed E-state index contributed by atoms with van der Waals surface area (Å²) in [4.78, 5) is 24.4. The molecule has 0 saturated heterocycles. The fraction of sp³-hybridized carbons (Fsp3) is 0.412. The van der Waals surface area contributed by atoms with Crippen LogP contribution in [0, 0.1) is 0 Å². The van der Waals surface area contributed by atoms with Crippen molar-refractivity contribution in [3.8, 4) is 11.5 Å². The lowest BCUT2D eigenvalue weighted by atomic mass is 9.82. The molecule has 23 heavy (non-hydrogen) atoms. The molecule has 6 nitrogen and oxygen atoms in total.